The number of amides is 5. The van der Waals surface area contributed by atoms with Gasteiger partial charge in [0.1, 0.15) is 29.1 Å². The lowest BCUT2D eigenvalue weighted by atomic mass is 9.95. The van der Waals surface area contributed by atoms with Gasteiger partial charge in [0, 0.05) is 68.8 Å². The fourth-order valence-electron chi connectivity index (χ4n) is 6.88. The topological polar surface area (TPSA) is 225 Å². The van der Waals surface area contributed by atoms with Crippen LogP contribution in [0.5, 0.6) is 0 Å². The van der Waals surface area contributed by atoms with Crippen LogP contribution in [0.1, 0.15) is 133 Å². The zero-order valence-electron chi connectivity index (χ0n) is 40.4. The predicted octanol–water partition coefficient (Wildman–Crippen LogP) is 6.95. The Labute approximate surface area is 401 Å². The second-order valence-corrected chi connectivity index (χ2v) is 17.3. The molecule has 0 radical (unpaired) electrons. The molecule has 19 heteroatoms. The molecule has 0 fully saturated rings. The van der Waals surface area contributed by atoms with Crippen molar-refractivity contribution < 1.29 is 47.7 Å². The number of carbonyl (C=O) groups is 5. The van der Waals surface area contributed by atoms with Crippen LogP contribution in [0.3, 0.4) is 0 Å². The zero-order valence-corrected chi connectivity index (χ0v) is 41.3. The van der Waals surface area contributed by atoms with Gasteiger partial charge in [0.25, 0.3) is 5.91 Å². The summed E-state index contributed by atoms with van der Waals surface area (Å²) in [5.41, 5.74) is 5.88. The fourth-order valence-corrected chi connectivity index (χ4v) is 7.74. The third-order valence-electron chi connectivity index (χ3n) is 10.4. The van der Waals surface area contributed by atoms with Crippen molar-refractivity contribution in [3.05, 3.63) is 50.8 Å². The van der Waals surface area contributed by atoms with Crippen LogP contribution in [-0.2, 0) is 44.5 Å². The highest BCUT2D eigenvalue weighted by Gasteiger charge is 2.31. The Morgan fingerprint density at radius 1 is 0.836 bits per heavy atom. The quantitative estimate of drug-likeness (QED) is 0.0236. The summed E-state index contributed by atoms with van der Waals surface area (Å²) in [5, 5.41) is 11.1. The molecule has 1 aromatic carbocycles. The van der Waals surface area contributed by atoms with E-state index >= 15 is 0 Å². The maximum Gasteiger partial charge on any atom is 0.426 e. The van der Waals surface area contributed by atoms with Crippen molar-refractivity contribution >= 4 is 46.7 Å². The first-order chi connectivity index (χ1) is 32.4. The average Bonchev–Trinajstić information content (AvgIpc) is 3.82. The van der Waals surface area contributed by atoms with Crippen molar-refractivity contribution in [2.24, 2.45) is 17.0 Å². The molecule has 374 valence electrons. The number of terminal acetylenes is 1. The van der Waals surface area contributed by atoms with Crippen molar-refractivity contribution in [2.75, 3.05) is 65.9 Å². The number of ether oxygens (including phenoxy) is 5. The molecule has 0 aliphatic carbocycles. The second kappa shape index (κ2) is 35.2. The molecule has 5 amide bonds. The van der Waals surface area contributed by atoms with E-state index in [4.69, 9.17) is 35.1 Å². The molecule has 0 spiro atoms. The van der Waals surface area contributed by atoms with E-state index in [0.29, 0.717) is 89.7 Å². The van der Waals surface area contributed by atoms with E-state index in [9.17, 15) is 28.9 Å². The lowest BCUT2D eigenvalue weighted by molar-refractivity contribution is -0.136. The number of thiazole rings is 1. The van der Waals surface area contributed by atoms with Crippen LogP contribution >= 0.6 is 11.3 Å². The Kier molecular flexibility index (Phi) is 30.5. The first kappa shape index (κ1) is 58.1. The molecular weight excluding hydrogens is 883 g/mol. The maximum absolute atomic E-state index is 13.9. The third kappa shape index (κ3) is 24.6. The first-order valence-electron chi connectivity index (χ1n) is 23.6. The van der Waals surface area contributed by atoms with Gasteiger partial charge in [-0.25, -0.2) is 15.2 Å². The van der Waals surface area contributed by atoms with Crippen LogP contribution in [0.25, 0.3) is 0 Å². The second-order valence-electron chi connectivity index (χ2n) is 16.4. The van der Waals surface area contributed by atoms with Gasteiger partial charge in [-0.2, -0.15) is 0 Å². The zero-order chi connectivity index (χ0) is 49.2. The first-order valence-corrected chi connectivity index (χ1v) is 24.5. The number of hydrogen-bond donors (Lipinski definition) is 4. The predicted molar refractivity (Wildman–Crippen MR) is 257 cm³/mol. The van der Waals surface area contributed by atoms with Crippen molar-refractivity contribution in [3.63, 3.8) is 0 Å². The minimum absolute atomic E-state index is 0.0580. The molecule has 0 saturated carbocycles. The highest BCUT2D eigenvalue weighted by atomic mass is 32.1. The standard InChI is InChI=1S/C48H75N7O11S/c1-8-12-14-15-43(56)49-21-24-62-25-26-63-27-28-64-29-30-66-48(60)53-52-45(58)36(7)31-39(32-37-17-19-38(54-61)20-18-37)50-46(59)40-34-67-47(51-40)42(65-23-11-4)33-41(35(5)6)55(22-10-3)44(57)16-13-9-2/h1,17-20,34-36,39,41-42H,9-16,21-33H2,2-7H3,(H,49,56)(H,50,59)(H,52,58)(H,53,60)/t36-,39?,41?,42?/m0/s1. The number of rotatable bonds is 36. The number of nitrogens with zero attached hydrogens (tertiary/aromatic N) is 3. The Balaban J connectivity index is 1.92. The van der Waals surface area contributed by atoms with E-state index in [2.05, 4.69) is 60.3 Å². The number of unbranched alkanes of at least 4 members (excludes halogenated alkanes) is 2. The number of nitrogens with one attached hydrogen (secondary N) is 4. The summed E-state index contributed by atoms with van der Waals surface area (Å²) in [6.45, 7) is 15.3. The molecule has 4 atom stereocenters. The monoisotopic (exact) mass is 958 g/mol. The largest absolute Gasteiger partial charge is 0.446 e. The van der Waals surface area contributed by atoms with Gasteiger partial charge in [0.05, 0.1) is 39.6 Å². The van der Waals surface area contributed by atoms with Crippen molar-refractivity contribution in [1.82, 2.24) is 31.4 Å². The molecule has 4 N–H and O–H groups in total. The third-order valence-corrected chi connectivity index (χ3v) is 11.4. The van der Waals surface area contributed by atoms with Gasteiger partial charge < -0.3 is 39.2 Å². The summed E-state index contributed by atoms with van der Waals surface area (Å²) in [4.78, 5) is 82.1. The molecule has 3 unspecified atom stereocenters. The van der Waals surface area contributed by atoms with E-state index in [-0.39, 0.29) is 61.4 Å². The molecule has 2 aromatic rings. The van der Waals surface area contributed by atoms with Gasteiger partial charge in [-0.1, -0.05) is 60.1 Å². The highest BCUT2D eigenvalue weighted by molar-refractivity contribution is 7.09. The summed E-state index contributed by atoms with van der Waals surface area (Å²) in [6, 6.07) is 5.99. The average molecular weight is 958 g/mol. The summed E-state index contributed by atoms with van der Waals surface area (Å²) in [6.07, 6.45) is 10.4. The van der Waals surface area contributed by atoms with E-state index in [0.717, 1.165) is 31.2 Å². The molecular formula is C48H75N7O11S. The number of hydrogen-bond acceptors (Lipinski definition) is 14. The van der Waals surface area contributed by atoms with Crippen molar-refractivity contribution in [2.45, 2.75) is 130 Å². The Bertz CT molecular complexity index is 1790. The number of aromatic nitrogens is 1. The summed E-state index contributed by atoms with van der Waals surface area (Å²) >= 11 is 1.33. The van der Waals surface area contributed by atoms with Crippen LogP contribution in [0, 0.1) is 29.1 Å². The van der Waals surface area contributed by atoms with Crippen LogP contribution in [0.2, 0.25) is 0 Å². The Morgan fingerprint density at radius 2 is 1.52 bits per heavy atom. The van der Waals surface area contributed by atoms with Crippen LogP contribution in [-0.4, -0.2) is 118 Å². The van der Waals surface area contributed by atoms with E-state index in [1.54, 1.807) is 36.6 Å². The van der Waals surface area contributed by atoms with E-state index in [1.165, 1.54) is 11.3 Å². The van der Waals surface area contributed by atoms with E-state index in [1.807, 2.05) is 11.8 Å². The molecule has 0 aliphatic rings. The number of nitroso groups, excluding NO2 is 1. The maximum atomic E-state index is 13.9. The minimum atomic E-state index is -0.878. The molecule has 1 aromatic heterocycles. The summed E-state index contributed by atoms with van der Waals surface area (Å²) in [5.74, 6) is 1.13. The van der Waals surface area contributed by atoms with Crippen LogP contribution in [0.4, 0.5) is 10.5 Å². The van der Waals surface area contributed by atoms with Gasteiger partial charge in [0.15, 0.2) is 0 Å². The molecule has 2 rings (SSSR count). The molecule has 0 saturated heterocycles. The van der Waals surface area contributed by atoms with Crippen LogP contribution in [0.15, 0.2) is 34.8 Å². The fraction of sp³-hybridized carbons (Fsp3) is 0.667. The highest BCUT2D eigenvalue weighted by Crippen LogP contribution is 2.31. The lowest BCUT2D eigenvalue weighted by Crippen LogP contribution is -2.46. The van der Waals surface area contributed by atoms with E-state index < -0.39 is 36.0 Å². The van der Waals surface area contributed by atoms with Gasteiger partial charge in [0.2, 0.25) is 17.7 Å². The molecule has 67 heavy (non-hydrogen) atoms. The van der Waals surface area contributed by atoms with Gasteiger partial charge in [-0.3, -0.25) is 24.6 Å². The van der Waals surface area contributed by atoms with Gasteiger partial charge in [-0.05, 0) is 67.3 Å². The molecule has 0 bridgehead atoms. The summed E-state index contributed by atoms with van der Waals surface area (Å²) < 4.78 is 27.7. The summed E-state index contributed by atoms with van der Waals surface area (Å²) in [7, 11) is 0. The number of hydrazine groups is 1. The number of benzene rings is 1. The van der Waals surface area contributed by atoms with Gasteiger partial charge >= 0.3 is 6.09 Å². The SMILES string of the molecule is C#CCCCC(=O)NCCOCCOCCOCCOC(=O)NNC(=O)[C@@H](C)CC(Cc1ccc(N=O)cc1)NC(=O)c1csc(C(CC(C(C)C)N(CCC)C(=O)CCCC)OCCC)n1. The Morgan fingerprint density at radius 3 is 2.15 bits per heavy atom. The normalized spacial score (nSPS) is 12.9. The number of carbonyl (C=O) groups excluding carboxylic acids is 5. The van der Waals surface area contributed by atoms with Crippen molar-refractivity contribution in [1.29, 1.82) is 0 Å². The molecule has 1 heterocycles. The van der Waals surface area contributed by atoms with Crippen LogP contribution < -0.4 is 21.5 Å². The van der Waals surface area contributed by atoms with Crippen molar-refractivity contribution in [3.8, 4) is 12.3 Å². The minimum Gasteiger partial charge on any atom is -0.446 e. The Hall–Kier alpha value is -5.00. The lowest BCUT2D eigenvalue weighted by Gasteiger charge is -2.36. The molecule has 18 nitrogen and oxygen atoms in total. The smallest absolute Gasteiger partial charge is 0.426 e. The molecule has 0 aliphatic heterocycles. The van der Waals surface area contributed by atoms with Gasteiger partial charge in [-0.15, -0.1) is 28.6 Å².